The van der Waals surface area contributed by atoms with Crippen molar-refractivity contribution in [2.75, 3.05) is 6.61 Å². The number of hydrogen-bond acceptors (Lipinski definition) is 5. The van der Waals surface area contributed by atoms with E-state index < -0.39 is 23.9 Å². The monoisotopic (exact) mass is 240 g/mol. The molecule has 17 heavy (non-hydrogen) atoms. The molecule has 0 radical (unpaired) electrons. The minimum Gasteiger partial charge on any atom is -0.449 e. The highest BCUT2D eigenvalue weighted by atomic mass is 16.6. The molecular formula is C11H16N2O4. The van der Waals surface area contributed by atoms with E-state index in [4.69, 9.17) is 10.5 Å². The van der Waals surface area contributed by atoms with Crippen LogP contribution in [-0.2, 0) is 14.3 Å². The van der Waals surface area contributed by atoms with Crippen molar-refractivity contribution in [3.05, 3.63) is 11.6 Å². The molecule has 0 spiro atoms. The van der Waals surface area contributed by atoms with Gasteiger partial charge in [0.15, 0.2) is 0 Å². The Labute approximate surface area is 99.4 Å². The minimum absolute atomic E-state index is 0.127. The fraction of sp³-hybridized carbons (Fsp3) is 0.545. The normalized spacial score (nSPS) is 17.1. The van der Waals surface area contributed by atoms with Crippen LogP contribution in [0, 0.1) is 0 Å². The van der Waals surface area contributed by atoms with Crippen LogP contribution in [0.4, 0.5) is 4.79 Å². The van der Waals surface area contributed by atoms with Gasteiger partial charge in [0, 0.05) is 17.7 Å². The average Bonchev–Trinajstić information content (AvgIpc) is 2.54. The Kier molecular flexibility index (Phi) is 4.39. The van der Waals surface area contributed by atoms with Gasteiger partial charge in [-0.15, -0.1) is 0 Å². The van der Waals surface area contributed by atoms with Gasteiger partial charge in [-0.25, -0.2) is 4.79 Å². The summed E-state index contributed by atoms with van der Waals surface area (Å²) < 4.78 is 4.81. The summed E-state index contributed by atoms with van der Waals surface area (Å²) in [7, 11) is 0. The lowest BCUT2D eigenvalue weighted by molar-refractivity contribution is -0.135. The molecule has 1 unspecified atom stereocenters. The highest BCUT2D eigenvalue weighted by Gasteiger charge is 2.38. The van der Waals surface area contributed by atoms with Crippen molar-refractivity contribution in [3.63, 3.8) is 0 Å². The Balaban J connectivity index is 2.66. The maximum Gasteiger partial charge on any atom is 0.424 e. The van der Waals surface area contributed by atoms with Gasteiger partial charge in [-0.1, -0.05) is 13.3 Å². The van der Waals surface area contributed by atoms with Crippen molar-refractivity contribution in [1.82, 2.24) is 4.90 Å². The van der Waals surface area contributed by atoms with Crippen molar-refractivity contribution < 1.29 is 19.1 Å². The van der Waals surface area contributed by atoms with Crippen LogP contribution in [0.1, 0.15) is 26.7 Å². The van der Waals surface area contributed by atoms with Crippen LogP contribution in [0.25, 0.3) is 0 Å². The highest BCUT2D eigenvalue weighted by Crippen LogP contribution is 2.16. The third-order valence-electron chi connectivity index (χ3n) is 2.35. The first-order valence-electron chi connectivity index (χ1n) is 5.51. The van der Waals surface area contributed by atoms with E-state index in [1.165, 1.54) is 0 Å². The lowest BCUT2D eigenvalue weighted by atomic mass is 10.1. The first-order valence-corrected chi connectivity index (χ1v) is 5.51. The number of amides is 3. The highest BCUT2D eigenvalue weighted by molar-refractivity contribution is 6.24. The maximum atomic E-state index is 11.7. The zero-order valence-corrected chi connectivity index (χ0v) is 9.93. The number of hydrogen-bond donors (Lipinski definition) is 1. The number of nitrogens with two attached hydrogens (primary N) is 1. The van der Waals surface area contributed by atoms with E-state index in [1.54, 1.807) is 6.92 Å². The second-order valence-corrected chi connectivity index (χ2v) is 3.84. The van der Waals surface area contributed by atoms with Crippen molar-refractivity contribution in [2.45, 2.75) is 32.7 Å². The Hall–Kier alpha value is -1.69. The molecule has 1 atom stereocenters. The molecule has 0 fully saturated rings. The Morgan fingerprint density at radius 1 is 1.53 bits per heavy atom. The van der Waals surface area contributed by atoms with Crippen molar-refractivity contribution in [3.8, 4) is 0 Å². The summed E-state index contributed by atoms with van der Waals surface area (Å²) in [5, 5.41) is 0. The summed E-state index contributed by atoms with van der Waals surface area (Å²) in [6.07, 6.45) is 1.70. The minimum atomic E-state index is -0.930. The largest absolute Gasteiger partial charge is 0.449 e. The van der Waals surface area contributed by atoms with E-state index in [0.29, 0.717) is 11.3 Å². The van der Waals surface area contributed by atoms with E-state index in [1.807, 2.05) is 6.92 Å². The van der Waals surface area contributed by atoms with Crippen LogP contribution in [0.5, 0.6) is 0 Å². The van der Waals surface area contributed by atoms with Crippen LogP contribution in [0.3, 0.4) is 0 Å². The molecule has 6 heteroatoms. The number of ether oxygens (including phenoxy) is 1. The van der Waals surface area contributed by atoms with Crippen LogP contribution in [0.2, 0.25) is 0 Å². The van der Waals surface area contributed by atoms with E-state index >= 15 is 0 Å². The number of carbonyl (C=O) groups excluding carboxylic acids is 3. The van der Waals surface area contributed by atoms with Crippen molar-refractivity contribution in [1.29, 1.82) is 0 Å². The molecule has 3 amide bonds. The zero-order chi connectivity index (χ0) is 13.0. The zero-order valence-electron chi connectivity index (χ0n) is 9.93. The molecule has 0 aromatic rings. The number of rotatable bonds is 4. The predicted molar refractivity (Wildman–Crippen MR) is 59.8 cm³/mol. The second-order valence-electron chi connectivity index (χ2n) is 3.84. The topological polar surface area (TPSA) is 89.7 Å². The van der Waals surface area contributed by atoms with E-state index in [-0.39, 0.29) is 12.2 Å². The fourth-order valence-electron chi connectivity index (χ4n) is 1.36. The Morgan fingerprint density at radius 2 is 2.18 bits per heavy atom. The molecule has 2 N–H and O–H groups in total. The van der Waals surface area contributed by atoms with E-state index in [2.05, 4.69) is 0 Å². The van der Waals surface area contributed by atoms with E-state index in [0.717, 1.165) is 12.5 Å². The number of nitrogens with zero attached hydrogens (tertiary/aromatic N) is 1. The molecule has 0 saturated heterocycles. The van der Waals surface area contributed by atoms with Gasteiger partial charge in [-0.2, -0.15) is 4.90 Å². The Bertz CT molecular complexity index is 374. The fourth-order valence-corrected chi connectivity index (χ4v) is 1.36. The first-order chi connectivity index (χ1) is 7.99. The number of imide groups is 3. The number of unbranched alkanes of at least 4 members (excludes halogenated alkanes) is 1. The predicted octanol–water partition coefficient (Wildman–Crippen LogP) is 0.566. The summed E-state index contributed by atoms with van der Waals surface area (Å²) in [5.74, 6) is -1.38. The summed E-state index contributed by atoms with van der Waals surface area (Å²) in [6, 6.07) is -0.583. The van der Waals surface area contributed by atoms with Crippen LogP contribution in [-0.4, -0.2) is 35.5 Å². The van der Waals surface area contributed by atoms with Crippen LogP contribution >= 0.6 is 0 Å². The molecule has 1 aliphatic heterocycles. The third kappa shape index (κ3) is 2.91. The first kappa shape index (κ1) is 13.4. The van der Waals surface area contributed by atoms with Gasteiger partial charge in [0.05, 0.1) is 6.61 Å². The quantitative estimate of drug-likeness (QED) is 0.573. The summed E-state index contributed by atoms with van der Waals surface area (Å²) in [6.45, 7) is 3.71. The van der Waals surface area contributed by atoms with Gasteiger partial charge in [0.25, 0.3) is 11.8 Å². The molecule has 1 aliphatic rings. The van der Waals surface area contributed by atoms with Gasteiger partial charge >= 0.3 is 6.09 Å². The second kappa shape index (κ2) is 5.58. The smallest absolute Gasteiger partial charge is 0.424 e. The molecule has 0 bridgehead atoms. The molecule has 0 aromatic carbocycles. The molecule has 0 saturated carbocycles. The maximum absolute atomic E-state index is 11.7. The molecule has 94 valence electrons. The van der Waals surface area contributed by atoms with Crippen LogP contribution in [0.15, 0.2) is 11.6 Å². The lowest BCUT2D eigenvalue weighted by Gasteiger charge is -2.13. The standard InChI is InChI=1S/C11H16N2O4/c1-3-4-5-17-11(16)13-9(14)6-8(7(2)12)10(13)15/h6-7H,3-5,12H2,1-2H3. The van der Waals surface area contributed by atoms with Gasteiger partial charge in [0.2, 0.25) is 0 Å². The molecule has 1 heterocycles. The van der Waals surface area contributed by atoms with Gasteiger partial charge in [0.1, 0.15) is 0 Å². The van der Waals surface area contributed by atoms with Crippen molar-refractivity contribution in [2.24, 2.45) is 5.73 Å². The molecule has 6 nitrogen and oxygen atoms in total. The summed E-state index contributed by atoms with van der Waals surface area (Å²) in [5.41, 5.74) is 5.64. The molecule has 1 rings (SSSR count). The van der Waals surface area contributed by atoms with Gasteiger partial charge in [-0.05, 0) is 13.3 Å². The number of carbonyl (C=O) groups is 3. The Morgan fingerprint density at radius 3 is 2.65 bits per heavy atom. The molecule has 0 aromatic heterocycles. The molecule has 0 aliphatic carbocycles. The average molecular weight is 240 g/mol. The SMILES string of the molecule is CCCCOC(=O)N1C(=O)C=C(C(C)N)C1=O. The molecular weight excluding hydrogens is 224 g/mol. The third-order valence-corrected chi connectivity index (χ3v) is 2.35. The van der Waals surface area contributed by atoms with E-state index in [9.17, 15) is 14.4 Å². The lowest BCUT2D eigenvalue weighted by Crippen LogP contribution is -2.39. The van der Waals surface area contributed by atoms with Crippen LogP contribution < -0.4 is 5.73 Å². The van der Waals surface area contributed by atoms with Gasteiger partial charge in [-0.3, -0.25) is 9.59 Å². The van der Waals surface area contributed by atoms with Gasteiger partial charge < -0.3 is 10.5 Å². The summed E-state index contributed by atoms with van der Waals surface area (Å²) >= 11 is 0. The van der Waals surface area contributed by atoms with Crippen molar-refractivity contribution >= 4 is 17.9 Å². The summed E-state index contributed by atoms with van der Waals surface area (Å²) in [4.78, 5) is 35.1.